The lowest BCUT2D eigenvalue weighted by Gasteiger charge is -2.36. The monoisotopic (exact) mass is 276 g/mol. The Kier molecular flexibility index (Phi) is 5.15. The maximum Gasteiger partial charge on any atom is 0.224 e. The predicted octanol–water partition coefficient (Wildman–Crippen LogP) is 1.96. The van der Waals surface area contributed by atoms with E-state index >= 15 is 0 Å². The summed E-state index contributed by atoms with van der Waals surface area (Å²) in [6.07, 6.45) is 1.49. The van der Waals surface area contributed by atoms with E-state index in [1.54, 1.807) is 7.11 Å². The fourth-order valence-corrected chi connectivity index (χ4v) is 2.70. The van der Waals surface area contributed by atoms with E-state index in [1.165, 1.54) is 0 Å². The van der Waals surface area contributed by atoms with Crippen LogP contribution in [0, 0.1) is 5.92 Å². The third-order valence-electron chi connectivity index (χ3n) is 4.17. The maximum atomic E-state index is 12.3. The minimum absolute atomic E-state index is 0.121. The van der Waals surface area contributed by atoms with E-state index in [2.05, 4.69) is 6.92 Å². The standard InChI is InChI=1S/C16H24N2O2/c1-12-8-9-18(11-15(12)20-2)16(19)10-14(17)13-6-4-3-5-7-13/h3-7,12,14-15H,8-11,17H2,1-2H3. The normalized spacial score (nSPS) is 24.4. The quantitative estimate of drug-likeness (QED) is 0.914. The molecule has 1 aromatic carbocycles. The molecule has 20 heavy (non-hydrogen) atoms. The van der Waals surface area contributed by atoms with Crippen molar-refractivity contribution in [2.75, 3.05) is 20.2 Å². The Balaban J connectivity index is 1.92. The number of carbonyl (C=O) groups excluding carboxylic acids is 1. The Morgan fingerprint density at radius 1 is 1.45 bits per heavy atom. The van der Waals surface area contributed by atoms with E-state index in [9.17, 15) is 4.79 Å². The van der Waals surface area contributed by atoms with Gasteiger partial charge in [0.15, 0.2) is 0 Å². The molecule has 2 N–H and O–H groups in total. The summed E-state index contributed by atoms with van der Waals surface area (Å²) in [5.74, 6) is 0.627. The topological polar surface area (TPSA) is 55.6 Å². The van der Waals surface area contributed by atoms with E-state index in [4.69, 9.17) is 10.5 Å². The van der Waals surface area contributed by atoms with Gasteiger partial charge in [0.1, 0.15) is 0 Å². The van der Waals surface area contributed by atoms with Gasteiger partial charge in [0, 0.05) is 32.7 Å². The first-order valence-electron chi connectivity index (χ1n) is 7.23. The number of rotatable bonds is 4. The van der Waals surface area contributed by atoms with Gasteiger partial charge in [-0.15, -0.1) is 0 Å². The lowest BCUT2D eigenvalue weighted by molar-refractivity contribution is -0.136. The van der Waals surface area contributed by atoms with Crippen LogP contribution in [-0.2, 0) is 9.53 Å². The van der Waals surface area contributed by atoms with Crippen molar-refractivity contribution in [2.45, 2.75) is 31.9 Å². The molecule has 3 unspecified atom stereocenters. The van der Waals surface area contributed by atoms with E-state index < -0.39 is 0 Å². The number of nitrogens with two attached hydrogens (primary N) is 1. The molecule has 0 radical (unpaired) electrons. The highest BCUT2D eigenvalue weighted by Crippen LogP contribution is 2.22. The third-order valence-corrected chi connectivity index (χ3v) is 4.17. The molecule has 0 spiro atoms. The second-order valence-electron chi connectivity index (χ2n) is 5.60. The fourth-order valence-electron chi connectivity index (χ4n) is 2.70. The van der Waals surface area contributed by atoms with E-state index in [0.717, 1.165) is 18.5 Å². The molecule has 1 amide bonds. The zero-order valence-corrected chi connectivity index (χ0v) is 12.3. The van der Waals surface area contributed by atoms with Crippen LogP contribution in [0.5, 0.6) is 0 Å². The molecule has 1 fully saturated rings. The minimum Gasteiger partial charge on any atom is -0.379 e. The first kappa shape index (κ1) is 15.0. The van der Waals surface area contributed by atoms with Crippen molar-refractivity contribution < 1.29 is 9.53 Å². The number of nitrogens with zero attached hydrogens (tertiary/aromatic N) is 1. The van der Waals surface area contributed by atoms with E-state index in [0.29, 0.717) is 18.9 Å². The molecule has 1 heterocycles. The van der Waals surface area contributed by atoms with Crippen molar-refractivity contribution in [1.82, 2.24) is 4.90 Å². The summed E-state index contributed by atoms with van der Waals surface area (Å²) in [7, 11) is 1.71. The molecule has 110 valence electrons. The van der Waals surface area contributed by atoms with Crippen LogP contribution in [0.15, 0.2) is 30.3 Å². The second kappa shape index (κ2) is 6.86. The summed E-state index contributed by atoms with van der Waals surface area (Å²) in [6, 6.07) is 9.55. The molecule has 0 aromatic heterocycles. The summed E-state index contributed by atoms with van der Waals surface area (Å²) in [5.41, 5.74) is 7.13. The van der Waals surface area contributed by atoms with Gasteiger partial charge in [-0.2, -0.15) is 0 Å². The van der Waals surface area contributed by atoms with Crippen LogP contribution < -0.4 is 5.73 Å². The fraction of sp³-hybridized carbons (Fsp3) is 0.562. The van der Waals surface area contributed by atoms with Crippen LogP contribution in [0.25, 0.3) is 0 Å². The van der Waals surface area contributed by atoms with Crippen LogP contribution >= 0.6 is 0 Å². The van der Waals surface area contributed by atoms with Crippen LogP contribution in [0.1, 0.15) is 31.4 Å². The predicted molar refractivity (Wildman–Crippen MR) is 79.1 cm³/mol. The molecule has 4 nitrogen and oxygen atoms in total. The number of hydrogen-bond donors (Lipinski definition) is 1. The van der Waals surface area contributed by atoms with Gasteiger partial charge < -0.3 is 15.4 Å². The molecule has 0 bridgehead atoms. The number of methoxy groups -OCH3 is 1. The highest BCUT2D eigenvalue weighted by Gasteiger charge is 2.29. The SMILES string of the molecule is COC1CN(C(=O)CC(N)c2ccccc2)CCC1C. The summed E-state index contributed by atoms with van der Waals surface area (Å²) < 4.78 is 5.45. The Hall–Kier alpha value is -1.39. The lowest BCUT2D eigenvalue weighted by atomic mass is 9.95. The van der Waals surface area contributed by atoms with Crippen LogP contribution in [0.2, 0.25) is 0 Å². The maximum absolute atomic E-state index is 12.3. The molecule has 1 aliphatic heterocycles. The number of ether oxygens (including phenoxy) is 1. The number of likely N-dealkylation sites (tertiary alicyclic amines) is 1. The number of benzene rings is 1. The lowest BCUT2D eigenvalue weighted by Crippen LogP contribution is -2.47. The molecule has 0 saturated carbocycles. The Bertz CT molecular complexity index is 435. The van der Waals surface area contributed by atoms with Crippen molar-refractivity contribution in [3.63, 3.8) is 0 Å². The van der Waals surface area contributed by atoms with Crippen molar-refractivity contribution in [2.24, 2.45) is 11.7 Å². The third kappa shape index (κ3) is 3.58. The van der Waals surface area contributed by atoms with Crippen LogP contribution in [-0.4, -0.2) is 37.1 Å². The Labute approximate surface area is 120 Å². The van der Waals surface area contributed by atoms with Gasteiger partial charge in [0.05, 0.1) is 6.10 Å². The largest absolute Gasteiger partial charge is 0.379 e. The second-order valence-corrected chi connectivity index (χ2v) is 5.60. The van der Waals surface area contributed by atoms with E-state index in [1.807, 2.05) is 35.2 Å². The van der Waals surface area contributed by atoms with Gasteiger partial charge in [-0.1, -0.05) is 37.3 Å². The average molecular weight is 276 g/mol. The van der Waals surface area contributed by atoms with E-state index in [-0.39, 0.29) is 18.1 Å². The summed E-state index contributed by atoms with van der Waals surface area (Å²) >= 11 is 0. The zero-order chi connectivity index (χ0) is 14.5. The molecule has 1 aromatic rings. The van der Waals surface area contributed by atoms with Gasteiger partial charge >= 0.3 is 0 Å². The highest BCUT2D eigenvalue weighted by molar-refractivity contribution is 5.77. The summed E-state index contributed by atoms with van der Waals surface area (Å²) in [5, 5.41) is 0. The highest BCUT2D eigenvalue weighted by atomic mass is 16.5. The van der Waals surface area contributed by atoms with Gasteiger partial charge in [-0.05, 0) is 17.9 Å². The number of carbonyl (C=O) groups is 1. The van der Waals surface area contributed by atoms with Crippen molar-refractivity contribution >= 4 is 5.91 Å². The molecule has 3 atom stereocenters. The van der Waals surface area contributed by atoms with Gasteiger partial charge in [0.25, 0.3) is 0 Å². The number of amides is 1. The Morgan fingerprint density at radius 2 is 2.15 bits per heavy atom. The molecule has 4 heteroatoms. The van der Waals surface area contributed by atoms with Crippen molar-refractivity contribution in [3.05, 3.63) is 35.9 Å². The molecule has 2 rings (SSSR count). The molecule has 1 aliphatic rings. The summed E-state index contributed by atoms with van der Waals surface area (Å²) in [6.45, 7) is 3.66. The zero-order valence-electron chi connectivity index (χ0n) is 12.3. The molecular weight excluding hydrogens is 252 g/mol. The van der Waals surface area contributed by atoms with Gasteiger partial charge in [-0.3, -0.25) is 4.79 Å². The average Bonchev–Trinajstić information content (AvgIpc) is 2.48. The molecule has 0 aliphatic carbocycles. The van der Waals surface area contributed by atoms with Gasteiger partial charge in [-0.25, -0.2) is 0 Å². The smallest absolute Gasteiger partial charge is 0.224 e. The van der Waals surface area contributed by atoms with Gasteiger partial charge in [0.2, 0.25) is 5.91 Å². The van der Waals surface area contributed by atoms with Crippen LogP contribution in [0.3, 0.4) is 0 Å². The number of piperidine rings is 1. The van der Waals surface area contributed by atoms with Crippen molar-refractivity contribution in [3.8, 4) is 0 Å². The molecule has 1 saturated heterocycles. The minimum atomic E-state index is -0.232. The first-order chi connectivity index (χ1) is 9.61. The summed E-state index contributed by atoms with van der Waals surface area (Å²) in [4.78, 5) is 14.2. The first-order valence-corrected chi connectivity index (χ1v) is 7.23. The Morgan fingerprint density at radius 3 is 2.80 bits per heavy atom. The van der Waals surface area contributed by atoms with Crippen LogP contribution in [0.4, 0.5) is 0 Å². The number of hydrogen-bond acceptors (Lipinski definition) is 3. The van der Waals surface area contributed by atoms with Crippen molar-refractivity contribution in [1.29, 1.82) is 0 Å². The molecular formula is C16H24N2O2.